The number of hydrogen-bond acceptors (Lipinski definition) is 6. The van der Waals surface area contributed by atoms with Gasteiger partial charge in [0, 0.05) is 24.9 Å². The van der Waals surface area contributed by atoms with Gasteiger partial charge in [0.2, 0.25) is 5.91 Å². The van der Waals surface area contributed by atoms with Crippen molar-refractivity contribution >= 4 is 35.0 Å². The molecule has 146 valence electrons. The van der Waals surface area contributed by atoms with Gasteiger partial charge in [-0.2, -0.15) is 0 Å². The zero-order valence-electron chi connectivity index (χ0n) is 15.6. The van der Waals surface area contributed by atoms with Crippen LogP contribution in [0.25, 0.3) is 0 Å². The Hall–Kier alpha value is -2.65. The SMILES string of the molecule is C[C@H](Sc1nnc(Cc2cccs2)n1C)C(=O)NC(=O)NCc1ccccc1. The first-order chi connectivity index (χ1) is 13.5. The van der Waals surface area contributed by atoms with Crippen LogP contribution in [0, 0.1) is 0 Å². The van der Waals surface area contributed by atoms with Gasteiger partial charge < -0.3 is 9.88 Å². The van der Waals surface area contributed by atoms with Crippen molar-refractivity contribution in [2.24, 2.45) is 7.05 Å². The van der Waals surface area contributed by atoms with E-state index in [2.05, 4.69) is 26.9 Å². The molecule has 0 unspecified atom stereocenters. The molecule has 28 heavy (non-hydrogen) atoms. The smallest absolute Gasteiger partial charge is 0.321 e. The molecule has 3 aromatic rings. The maximum Gasteiger partial charge on any atom is 0.321 e. The Kier molecular flexibility index (Phi) is 6.83. The summed E-state index contributed by atoms with van der Waals surface area (Å²) in [6, 6.07) is 13.0. The van der Waals surface area contributed by atoms with Crippen LogP contribution in [0.1, 0.15) is 23.2 Å². The van der Waals surface area contributed by atoms with Gasteiger partial charge in [-0.25, -0.2) is 4.79 Å². The second-order valence-electron chi connectivity index (χ2n) is 6.13. The molecular formula is C19H21N5O2S2. The Morgan fingerprint density at radius 2 is 1.96 bits per heavy atom. The number of hydrogen-bond donors (Lipinski definition) is 2. The molecule has 2 heterocycles. The summed E-state index contributed by atoms with van der Waals surface area (Å²) >= 11 is 2.94. The summed E-state index contributed by atoms with van der Waals surface area (Å²) in [6.45, 7) is 2.09. The number of amides is 3. The molecule has 0 bridgehead atoms. The minimum atomic E-state index is -0.516. The number of thioether (sulfide) groups is 1. The number of carbonyl (C=O) groups is 2. The zero-order valence-corrected chi connectivity index (χ0v) is 17.2. The zero-order chi connectivity index (χ0) is 19.9. The molecule has 3 rings (SSSR count). The molecule has 1 atom stereocenters. The highest BCUT2D eigenvalue weighted by Gasteiger charge is 2.20. The van der Waals surface area contributed by atoms with Gasteiger partial charge in [-0.3, -0.25) is 10.1 Å². The van der Waals surface area contributed by atoms with E-state index < -0.39 is 11.3 Å². The molecule has 0 radical (unpaired) electrons. The molecule has 3 amide bonds. The maximum atomic E-state index is 12.3. The molecule has 0 saturated heterocycles. The summed E-state index contributed by atoms with van der Waals surface area (Å²) in [6.07, 6.45) is 0.699. The number of aromatic nitrogens is 3. The number of rotatable bonds is 7. The molecule has 2 N–H and O–H groups in total. The minimum absolute atomic E-state index is 0.358. The van der Waals surface area contributed by atoms with Crippen LogP contribution < -0.4 is 10.6 Å². The third kappa shape index (κ3) is 5.43. The lowest BCUT2D eigenvalue weighted by Crippen LogP contribution is -2.42. The topological polar surface area (TPSA) is 88.9 Å². The van der Waals surface area contributed by atoms with E-state index in [0.29, 0.717) is 18.1 Å². The van der Waals surface area contributed by atoms with E-state index in [-0.39, 0.29) is 5.91 Å². The number of carbonyl (C=O) groups excluding carboxylic acids is 2. The van der Waals surface area contributed by atoms with Gasteiger partial charge in [-0.15, -0.1) is 21.5 Å². The van der Waals surface area contributed by atoms with E-state index in [9.17, 15) is 9.59 Å². The summed E-state index contributed by atoms with van der Waals surface area (Å²) in [5.41, 5.74) is 0.963. The van der Waals surface area contributed by atoms with Crippen molar-refractivity contribution in [3.8, 4) is 0 Å². The van der Waals surface area contributed by atoms with Gasteiger partial charge in [0.05, 0.1) is 5.25 Å². The van der Waals surface area contributed by atoms with Crippen molar-refractivity contribution < 1.29 is 9.59 Å². The molecule has 1 aromatic carbocycles. The minimum Gasteiger partial charge on any atom is -0.334 e. The first-order valence-electron chi connectivity index (χ1n) is 8.73. The van der Waals surface area contributed by atoms with Crippen molar-refractivity contribution in [1.82, 2.24) is 25.4 Å². The van der Waals surface area contributed by atoms with Crippen molar-refractivity contribution in [3.05, 3.63) is 64.1 Å². The number of benzene rings is 1. The highest BCUT2D eigenvalue weighted by Crippen LogP contribution is 2.23. The lowest BCUT2D eigenvalue weighted by atomic mass is 10.2. The van der Waals surface area contributed by atoms with E-state index in [1.54, 1.807) is 18.3 Å². The molecule has 0 aliphatic heterocycles. The fourth-order valence-corrected chi connectivity index (χ4v) is 3.95. The van der Waals surface area contributed by atoms with Gasteiger partial charge in [-0.1, -0.05) is 48.2 Å². The molecule has 7 nitrogen and oxygen atoms in total. The third-order valence-electron chi connectivity index (χ3n) is 4.02. The Bertz CT molecular complexity index is 925. The van der Waals surface area contributed by atoms with E-state index in [1.165, 1.54) is 16.6 Å². The molecule has 0 fully saturated rings. The highest BCUT2D eigenvalue weighted by atomic mass is 32.2. The Morgan fingerprint density at radius 1 is 1.18 bits per heavy atom. The standard InChI is InChI=1S/C19H21N5O2S2/c1-13(17(25)21-18(26)20-12-14-7-4-3-5-8-14)28-19-23-22-16(24(19)2)11-15-9-6-10-27-15/h3-10,13H,11-12H2,1-2H3,(H2,20,21,25,26)/t13-/m0/s1. The largest absolute Gasteiger partial charge is 0.334 e. The molecule has 9 heteroatoms. The summed E-state index contributed by atoms with van der Waals surface area (Å²) < 4.78 is 1.88. The quantitative estimate of drug-likeness (QED) is 0.579. The van der Waals surface area contributed by atoms with Crippen molar-refractivity contribution in [1.29, 1.82) is 0 Å². The van der Waals surface area contributed by atoms with Gasteiger partial charge in [0.1, 0.15) is 5.82 Å². The lowest BCUT2D eigenvalue weighted by Gasteiger charge is -2.11. The summed E-state index contributed by atoms with van der Waals surface area (Å²) in [5, 5.41) is 15.6. The molecule has 0 spiro atoms. The summed E-state index contributed by atoms with van der Waals surface area (Å²) in [4.78, 5) is 25.4. The van der Waals surface area contributed by atoms with E-state index in [1.807, 2.05) is 53.4 Å². The number of imide groups is 1. The van der Waals surface area contributed by atoms with Crippen LogP contribution in [0.4, 0.5) is 4.79 Å². The normalized spacial score (nSPS) is 11.8. The van der Waals surface area contributed by atoms with Gasteiger partial charge in [-0.05, 0) is 23.9 Å². The maximum absolute atomic E-state index is 12.3. The second-order valence-corrected chi connectivity index (χ2v) is 8.47. The van der Waals surface area contributed by atoms with Crippen molar-refractivity contribution in [2.45, 2.75) is 30.3 Å². The second kappa shape index (κ2) is 9.52. The molecular weight excluding hydrogens is 394 g/mol. The van der Waals surface area contributed by atoms with Gasteiger partial charge in [0.25, 0.3) is 0 Å². The number of thiophene rings is 1. The van der Waals surface area contributed by atoms with Crippen LogP contribution in [0.2, 0.25) is 0 Å². The summed E-state index contributed by atoms with van der Waals surface area (Å²) in [7, 11) is 1.88. The van der Waals surface area contributed by atoms with Crippen LogP contribution in [-0.2, 0) is 24.8 Å². The number of urea groups is 1. The first-order valence-corrected chi connectivity index (χ1v) is 10.5. The molecule has 0 aliphatic rings. The lowest BCUT2D eigenvalue weighted by molar-refractivity contribution is -0.119. The number of nitrogens with one attached hydrogen (secondary N) is 2. The monoisotopic (exact) mass is 415 g/mol. The van der Waals surface area contributed by atoms with Crippen LogP contribution in [-0.4, -0.2) is 32.0 Å². The van der Waals surface area contributed by atoms with Crippen LogP contribution >= 0.6 is 23.1 Å². The van der Waals surface area contributed by atoms with E-state index >= 15 is 0 Å². The van der Waals surface area contributed by atoms with Crippen molar-refractivity contribution in [2.75, 3.05) is 0 Å². The average molecular weight is 416 g/mol. The molecule has 0 saturated carbocycles. The Balaban J connectivity index is 1.50. The molecule has 2 aromatic heterocycles. The van der Waals surface area contributed by atoms with E-state index in [0.717, 1.165) is 11.4 Å². The van der Waals surface area contributed by atoms with Crippen LogP contribution in [0.5, 0.6) is 0 Å². The fraction of sp³-hybridized carbons (Fsp3) is 0.263. The fourth-order valence-electron chi connectivity index (χ4n) is 2.42. The predicted octanol–water partition coefficient (Wildman–Crippen LogP) is 2.97. The first kappa shape index (κ1) is 20.1. The Labute approximate surface area is 171 Å². The van der Waals surface area contributed by atoms with Crippen LogP contribution in [0.15, 0.2) is 53.0 Å². The van der Waals surface area contributed by atoms with Gasteiger partial charge in [0.15, 0.2) is 5.16 Å². The predicted molar refractivity (Wildman–Crippen MR) is 110 cm³/mol. The van der Waals surface area contributed by atoms with E-state index in [4.69, 9.17) is 0 Å². The highest BCUT2D eigenvalue weighted by molar-refractivity contribution is 8.00. The number of nitrogens with zero attached hydrogens (tertiary/aromatic N) is 3. The van der Waals surface area contributed by atoms with Crippen molar-refractivity contribution in [3.63, 3.8) is 0 Å². The summed E-state index contributed by atoms with van der Waals surface area (Å²) in [5.74, 6) is 0.455. The third-order valence-corrected chi connectivity index (χ3v) is 6.03. The Morgan fingerprint density at radius 3 is 2.68 bits per heavy atom. The van der Waals surface area contributed by atoms with Gasteiger partial charge >= 0.3 is 6.03 Å². The van der Waals surface area contributed by atoms with Crippen LogP contribution in [0.3, 0.4) is 0 Å². The molecule has 0 aliphatic carbocycles. The average Bonchev–Trinajstić information content (AvgIpc) is 3.33.